The summed E-state index contributed by atoms with van der Waals surface area (Å²) in [6.07, 6.45) is 4.27. The lowest BCUT2D eigenvalue weighted by Gasteiger charge is -2.28. The standard InChI is InChI=1S/C9H19NO/c1-3-10-8(2)9-6-4-5-7-11-9/h8-10H,3-7H2,1-2H3. The van der Waals surface area contributed by atoms with Gasteiger partial charge in [0.2, 0.25) is 0 Å². The lowest BCUT2D eigenvalue weighted by molar-refractivity contribution is -0.00325. The topological polar surface area (TPSA) is 21.3 Å². The van der Waals surface area contributed by atoms with E-state index in [-0.39, 0.29) is 0 Å². The minimum absolute atomic E-state index is 0.462. The van der Waals surface area contributed by atoms with E-state index < -0.39 is 0 Å². The Morgan fingerprint density at radius 3 is 2.91 bits per heavy atom. The Balaban J connectivity index is 2.21. The number of ether oxygens (including phenoxy) is 1. The van der Waals surface area contributed by atoms with Gasteiger partial charge >= 0.3 is 0 Å². The van der Waals surface area contributed by atoms with Crippen molar-refractivity contribution in [2.75, 3.05) is 13.2 Å². The summed E-state index contributed by atoms with van der Waals surface area (Å²) >= 11 is 0. The summed E-state index contributed by atoms with van der Waals surface area (Å²) in [5.41, 5.74) is 0. The van der Waals surface area contributed by atoms with Gasteiger partial charge in [-0.2, -0.15) is 0 Å². The van der Waals surface area contributed by atoms with Gasteiger partial charge in [0.1, 0.15) is 0 Å². The van der Waals surface area contributed by atoms with Crippen molar-refractivity contribution in [3.05, 3.63) is 0 Å². The Labute approximate surface area is 69.3 Å². The Hall–Kier alpha value is -0.0800. The second kappa shape index (κ2) is 4.73. The van der Waals surface area contributed by atoms with Crippen molar-refractivity contribution >= 4 is 0 Å². The van der Waals surface area contributed by atoms with E-state index in [1.807, 2.05) is 0 Å². The van der Waals surface area contributed by atoms with Gasteiger partial charge in [0.05, 0.1) is 6.10 Å². The zero-order valence-corrected chi connectivity index (χ0v) is 7.60. The van der Waals surface area contributed by atoms with E-state index in [1.165, 1.54) is 19.3 Å². The summed E-state index contributed by atoms with van der Waals surface area (Å²) in [7, 11) is 0. The van der Waals surface area contributed by atoms with Crippen LogP contribution in [-0.4, -0.2) is 25.3 Å². The van der Waals surface area contributed by atoms with Crippen molar-refractivity contribution in [2.24, 2.45) is 0 Å². The van der Waals surface area contributed by atoms with E-state index in [2.05, 4.69) is 19.2 Å². The molecule has 1 aliphatic rings. The van der Waals surface area contributed by atoms with E-state index in [1.54, 1.807) is 0 Å². The summed E-state index contributed by atoms with van der Waals surface area (Å²) in [5.74, 6) is 0. The predicted molar refractivity (Wildman–Crippen MR) is 46.7 cm³/mol. The molecule has 2 atom stereocenters. The molecule has 0 bridgehead atoms. The maximum atomic E-state index is 5.63. The smallest absolute Gasteiger partial charge is 0.0725 e. The molecule has 1 saturated heterocycles. The fraction of sp³-hybridized carbons (Fsp3) is 1.00. The van der Waals surface area contributed by atoms with Gasteiger partial charge in [-0.1, -0.05) is 6.92 Å². The predicted octanol–water partition coefficient (Wildman–Crippen LogP) is 1.55. The molecule has 0 saturated carbocycles. The van der Waals surface area contributed by atoms with Gasteiger partial charge in [0.25, 0.3) is 0 Å². The Morgan fingerprint density at radius 1 is 1.55 bits per heavy atom. The molecule has 0 spiro atoms. The van der Waals surface area contributed by atoms with Crippen molar-refractivity contribution in [3.63, 3.8) is 0 Å². The Morgan fingerprint density at radius 2 is 2.36 bits per heavy atom. The zero-order valence-electron chi connectivity index (χ0n) is 7.60. The molecule has 0 aliphatic carbocycles. The third-order valence-corrected chi connectivity index (χ3v) is 2.30. The Bertz CT molecular complexity index is 99.7. The molecule has 2 nitrogen and oxygen atoms in total. The number of hydrogen-bond donors (Lipinski definition) is 1. The number of rotatable bonds is 3. The lowest BCUT2D eigenvalue weighted by Crippen LogP contribution is -2.40. The molecule has 1 N–H and O–H groups in total. The fourth-order valence-corrected chi connectivity index (χ4v) is 1.61. The monoisotopic (exact) mass is 157 g/mol. The third kappa shape index (κ3) is 2.80. The van der Waals surface area contributed by atoms with Crippen LogP contribution in [0.2, 0.25) is 0 Å². The van der Waals surface area contributed by atoms with Crippen LogP contribution in [-0.2, 0) is 4.74 Å². The minimum atomic E-state index is 0.462. The van der Waals surface area contributed by atoms with Crippen LogP contribution in [0, 0.1) is 0 Å². The van der Waals surface area contributed by atoms with Gasteiger partial charge < -0.3 is 10.1 Å². The third-order valence-electron chi connectivity index (χ3n) is 2.30. The van der Waals surface area contributed by atoms with Crippen LogP contribution in [0.5, 0.6) is 0 Å². The average molecular weight is 157 g/mol. The first-order valence-corrected chi connectivity index (χ1v) is 4.69. The first kappa shape index (κ1) is 9.01. The van der Waals surface area contributed by atoms with E-state index >= 15 is 0 Å². The van der Waals surface area contributed by atoms with Gasteiger partial charge in [-0.05, 0) is 32.7 Å². The van der Waals surface area contributed by atoms with Crippen LogP contribution >= 0.6 is 0 Å². The largest absolute Gasteiger partial charge is 0.377 e. The fourth-order valence-electron chi connectivity index (χ4n) is 1.61. The summed E-state index contributed by atoms with van der Waals surface area (Å²) < 4.78 is 5.63. The summed E-state index contributed by atoms with van der Waals surface area (Å²) in [5, 5.41) is 3.39. The minimum Gasteiger partial charge on any atom is -0.377 e. The van der Waals surface area contributed by atoms with Crippen LogP contribution in [0.4, 0.5) is 0 Å². The molecular weight excluding hydrogens is 138 g/mol. The second-order valence-electron chi connectivity index (χ2n) is 3.25. The molecule has 1 heterocycles. The zero-order chi connectivity index (χ0) is 8.10. The van der Waals surface area contributed by atoms with Crippen LogP contribution < -0.4 is 5.32 Å². The van der Waals surface area contributed by atoms with Crippen LogP contribution in [0.1, 0.15) is 33.1 Å². The van der Waals surface area contributed by atoms with Gasteiger partial charge in [-0.3, -0.25) is 0 Å². The van der Waals surface area contributed by atoms with Crippen LogP contribution in [0.3, 0.4) is 0 Å². The highest BCUT2D eigenvalue weighted by molar-refractivity contribution is 4.74. The normalized spacial score (nSPS) is 28.4. The van der Waals surface area contributed by atoms with E-state index in [4.69, 9.17) is 4.74 Å². The molecule has 0 aromatic carbocycles. The van der Waals surface area contributed by atoms with E-state index in [0.717, 1.165) is 13.2 Å². The summed E-state index contributed by atoms with van der Waals surface area (Å²) in [6, 6.07) is 0.528. The molecule has 1 rings (SSSR count). The van der Waals surface area contributed by atoms with E-state index in [9.17, 15) is 0 Å². The molecule has 1 aliphatic heterocycles. The number of nitrogens with one attached hydrogen (secondary N) is 1. The summed E-state index contributed by atoms with van der Waals surface area (Å²) in [4.78, 5) is 0. The maximum Gasteiger partial charge on any atom is 0.0725 e. The molecule has 0 amide bonds. The molecule has 11 heavy (non-hydrogen) atoms. The van der Waals surface area contributed by atoms with Crippen molar-refractivity contribution in [3.8, 4) is 0 Å². The number of hydrogen-bond acceptors (Lipinski definition) is 2. The average Bonchev–Trinajstić information content (AvgIpc) is 2.07. The van der Waals surface area contributed by atoms with Crippen molar-refractivity contribution in [2.45, 2.75) is 45.3 Å². The lowest BCUT2D eigenvalue weighted by atomic mass is 10.0. The van der Waals surface area contributed by atoms with Crippen LogP contribution in [0.25, 0.3) is 0 Å². The van der Waals surface area contributed by atoms with Gasteiger partial charge in [-0.15, -0.1) is 0 Å². The van der Waals surface area contributed by atoms with Gasteiger partial charge in [-0.25, -0.2) is 0 Å². The van der Waals surface area contributed by atoms with Crippen molar-refractivity contribution < 1.29 is 4.74 Å². The molecule has 66 valence electrons. The first-order chi connectivity index (χ1) is 5.34. The first-order valence-electron chi connectivity index (χ1n) is 4.69. The molecule has 0 radical (unpaired) electrons. The highest BCUT2D eigenvalue weighted by atomic mass is 16.5. The maximum absolute atomic E-state index is 5.63. The van der Waals surface area contributed by atoms with E-state index in [0.29, 0.717) is 12.1 Å². The summed E-state index contributed by atoms with van der Waals surface area (Å²) in [6.45, 7) is 6.35. The van der Waals surface area contributed by atoms with Gasteiger partial charge in [0, 0.05) is 12.6 Å². The highest BCUT2D eigenvalue weighted by Crippen LogP contribution is 2.15. The van der Waals surface area contributed by atoms with Crippen LogP contribution in [0.15, 0.2) is 0 Å². The Kier molecular flexibility index (Phi) is 3.87. The quantitative estimate of drug-likeness (QED) is 0.671. The SMILES string of the molecule is CCNC(C)C1CCCCO1. The molecule has 2 heteroatoms. The second-order valence-corrected chi connectivity index (χ2v) is 3.25. The molecule has 1 fully saturated rings. The van der Waals surface area contributed by atoms with Crippen molar-refractivity contribution in [1.82, 2.24) is 5.32 Å². The van der Waals surface area contributed by atoms with Gasteiger partial charge in [0.15, 0.2) is 0 Å². The van der Waals surface area contributed by atoms with Crippen molar-refractivity contribution in [1.29, 1.82) is 0 Å². The highest BCUT2D eigenvalue weighted by Gasteiger charge is 2.19. The molecule has 0 aromatic heterocycles. The molecule has 0 aromatic rings. The number of likely N-dealkylation sites (N-methyl/N-ethyl adjacent to an activating group) is 1. The molecular formula is C9H19NO. The molecule has 2 unspecified atom stereocenters.